The lowest BCUT2D eigenvalue weighted by atomic mass is 10.0. The van der Waals surface area contributed by atoms with Crippen LogP contribution in [0.1, 0.15) is 22.3 Å². The van der Waals surface area contributed by atoms with Gasteiger partial charge in [0.2, 0.25) is 5.91 Å². The lowest BCUT2D eigenvalue weighted by molar-refractivity contribution is -0.117. The molecule has 1 aromatic carbocycles. The summed E-state index contributed by atoms with van der Waals surface area (Å²) in [6.45, 7) is 0. The number of hydrogen-bond donors (Lipinski definition) is 1. The third-order valence-electron chi connectivity index (χ3n) is 3.80. The van der Waals surface area contributed by atoms with Crippen LogP contribution in [-0.2, 0) is 11.8 Å². The van der Waals surface area contributed by atoms with Crippen LogP contribution in [0.5, 0.6) is 5.75 Å². The van der Waals surface area contributed by atoms with Gasteiger partial charge in [0.05, 0.1) is 7.11 Å². The van der Waals surface area contributed by atoms with E-state index in [4.69, 9.17) is 4.74 Å². The number of thiophene rings is 1. The molecule has 1 atom stereocenters. The SMILES string of the molecule is COc1ccccc1C(NC(=O)/C=C/c1cccs1)c1nccn1C. The van der Waals surface area contributed by atoms with E-state index in [1.54, 1.807) is 30.7 Å². The Morgan fingerprint density at radius 3 is 2.84 bits per heavy atom. The molecular weight excluding hydrogens is 334 g/mol. The van der Waals surface area contributed by atoms with E-state index >= 15 is 0 Å². The lowest BCUT2D eigenvalue weighted by Crippen LogP contribution is -2.30. The Labute approximate surface area is 150 Å². The number of para-hydroxylation sites is 1. The van der Waals surface area contributed by atoms with Gasteiger partial charge >= 0.3 is 0 Å². The Hall–Kier alpha value is -2.86. The first-order valence-electron chi connectivity index (χ1n) is 7.81. The van der Waals surface area contributed by atoms with Crippen LogP contribution in [0, 0.1) is 0 Å². The Kier molecular flexibility index (Phi) is 5.30. The maximum atomic E-state index is 12.5. The fourth-order valence-corrected chi connectivity index (χ4v) is 3.19. The highest BCUT2D eigenvalue weighted by atomic mass is 32.1. The number of aryl methyl sites for hydroxylation is 1. The second-order valence-electron chi connectivity index (χ2n) is 5.43. The number of aromatic nitrogens is 2. The van der Waals surface area contributed by atoms with E-state index in [1.807, 2.05) is 59.6 Å². The molecule has 1 amide bonds. The number of nitrogens with one attached hydrogen (secondary N) is 1. The molecule has 0 saturated carbocycles. The smallest absolute Gasteiger partial charge is 0.244 e. The number of hydrogen-bond acceptors (Lipinski definition) is 4. The van der Waals surface area contributed by atoms with E-state index < -0.39 is 6.04 Å². The van der Waals surface area contributed by atoms with Gasteiger partial charge in [-0.05, 0) is 23.6 Å². The van der Waals surface area contributed by atoms with Crippen molar-refractivity contribution in [1.29, 1.82) is 0 Å². The van der Waals surface area contributed by atoms with Crippen molar-refractivity contribution in [2.45, 2.75) is 6.04 Å². The number of methoxy groups -OCH3 is 1. The molecule has 3 rings (SSSR count). The summed E-state index contributed by atoms with van der Waals surface area (Å²) in [4.78, 5) is 17.9. The average Bonchev–Trinajstić information content (AvgIpc) is 3.29. The number of carbonyl (C=O) groups is 1. The van der Waals surface area contributed by atoms with Gasteiger partial charge in [0, 0.05) is 36.0 Å². The zero-order valence-electron chi connectivity index (χ0n) is 14.0. The highest BCUT2D eigenvalue weighted by molar-refractivity contribution is 7.10. The summed E-state index contributed by atoms with van der Waals surface area (Å²) in [5, 5.41) is 5.00. The van der Waals surface area contributed by atoms with Crippen LogP contribution in [0.4, 0.5) is 0 Å². The Balaban J connectivity index is 1.89. The van der Waals surface area contributed by atoms with Gasteiger partial charge in [-0.3, -0.25) is 4.79 Å². The molecule has 1 unspecified atom stereocenters. The first-order valence-corrected chi connectivity index (χ1v) is 8.69. The van der Waals surface area contributed by atoms with Crippen molar-refractivity contribution in [1.82, 2.24) is 14.9 Å². The Morgan fingerprint density at radius 2 is 2.16 bits per heavy atom. The molecule has 0 aliphatic heterocycles. The summed E-state index contributed by atoms with van der Waals surface area (Å²) in [7, 11) is 3.52. The van der Waals surface area contributed by atoms with Gasteiger partial charge < -0.3 is 14.6 Å². The van der Waals surface area contributed by atoms with Crippen LogP contribution >= 0.6 is 11.3 Å². The number of rotatable bonds is 6. The van der Waals surface area contributed by atoms with Crippen LogP contribution in [-0.4, -0.2) is 22.6 Å². The molecule has 1 N–H and O–H groups in total. The number of carbonyl (C=O) groups excluding carboxylic acids is 1. The molecule has 0 spiro atoms. The number of nitrogens with zero attached hydrogens (tertiary/aromatic N) is 2. The molecule has 128 valence electrons. The number of imidazole rings is 1. The van der Waals surface area contributed by atoms with E-state index in [0.717, 1.165) is 16.3 Å². The third kappa shape index (κ3) is 3.97. The Bertz CT molecular complexity index is 868. The van der Waals surface area contributed by atoms with Gasteiger partial charge in [-0.2, -0.15) is 0 Å². The topological polar surface area (TPSA) is 56.1 Å². The van der Waals surface area contributed by atoms with Crippen LogP contribution in [0.15, 0.2) is 60.2 Å². The quantitative estimate of drug-likeness (QED) is 0.691. The van der Waals surface area contributed by atoms with E-state index in [9.17, 15) is 4.79 Å². The molecule has 0 fully saturated rings. The van der Waals surface area contributed by atoms with Gasteiger partial charge in [0.1, 0.15) is 17.6 Å². The fraction of sp³-hybridized carbons (Fsp3) is 0.158. The average molecular weight is 353 g/mol. The van der Waals surface area contributed by atoms with Gasteiger partial charge in [-0.1, -0.05) is 24.3 Å². The predicted molar refractivity (Wildman–Crippen MR) is 99.5 cm³/mol. The second kappa shape index (κ2) is 7.81. The van der Waals surface area contributed by atoms with Crippen molar-refractivity contribution >= 4 is 23.3 Å². The van der Waals surface area contributed by atoms with Crippen molar-refractivity contribution in [2.24, 2.45) is 7.05 Å². The summed E-state index contributed by atoms with van der Waals surface area (Å²) in [6.07, 6.45) is 6.91. The lowest BCUT2D eigenvalue weighted by Gasteiger charge is -2.20. The standard InChI is InChI=1S/C19H19N3O2S/c1-22-12-11-20-19(22)18(15-7-3-4-8-16(15)24-2)21-17(23)10-9-14-6-5-13-25-14/h3-13,18H,1-2H3,(H,21,23)/b10-9+. The van der Waals surface area contributed by atoms with E-state index in [1.165, 1.54) is 6.08 Å². The van der Waals surface area contributed by atoms with Crippen molar-refractivity contribution in [3.05, 3.63) is 76.5 Å². The van der Waals surface area contributed by atoms with Crippen molar-refractivity contribution in [3.8, 4) is 5.75 Å². The maximum Gasteiger partial charge on any atom is 0.244 e. The van der Waals surface area contributed by atoms with Gasteiger partial charge in [-0.25, -0.2) is 4.98 Å². The molecule has 0 radical (unpaired) electrons. The van der Waals surface area contributed by atoms with Crippen molar-refractivity contribution in [3.63, 3.8) is 0 Å². The minimum absolute atomic E-state index is 0.188. The first-order chi connectivity index (χ1) is 12.2. The molecule has 0 aliphatic carbocycles. The van der Waals surface area contributed by atoms with Crippen LogP contribution in [0.3, 0.4) is 0 Å². The largest absolute Gasteiger partial charge is 0.496 e. The van der Waals surface area contributed by atoms with Crippen molar-refractivity contribution < 1.29 is 9.53 Å². The molecule has 25 heavy (non-hydrogen) atoms. The molecule has 0 aliphatic rings. The molecule has 2 aromatic heterocycles. The number of benzene rings is 1. The fourth-order valence-electron chi connectivity index (χ4n) is 2.58. The molecule has 5 nitrogen and oxygen atoms in total. The molecular formula is C19H19N3O2S. The molecule has 3 aromatic rings. The highest BCUT2D eigenvalue weighted by Crippen LogP contribution is 2.29. The van der Waals surface area contributed by atoms with Crippen LogP contribution in [0.25, 0.3) is 6.08 Å². The number of amides is 1. The summed E-state index contributed by atoms with van der Waals surface area (Å²) >= 11 is 1.58. The summed E-state index contributed by atoms with van der Waals surface area (Å²) < 4.78 is 7.35. The van der Waals surface area contributed by atoms with E-state index in [2.05, 4.69) is 10.3 Å². The monoisotopic (exact) mass is 353 g/mol. The van der Waals surface area contributed by atoms with Gasteiger partial charge in [0.15, 0.2) is 0 Å². The van der Waals surface area contributed by atoms with Crippen LogP contribution in [0.2, 0.25) is 0 Å². The molecule has 2 heterocycles. The molecule has 0 bridgehead atoms. The zero-order valence-corrected chi connectivity index (χ0v) is 14.9. The minimum Gasteiger partial charge on any atom is -0.496 e. The first kappa shape index (κ1) is 17.0. The van der Waals surface area contributed by atoms with Gasteiger partial charge in [-0.15, -0.1) is 11.3 Å². The van der Waals surface area contributed by atoms with Crippen molar-refractivity contribution in [2.75, 3.05) is 7.11 Å². The Morgan fingerprint density at radius 1 is 1.32 bits per heavy atom. The summed E-state index contributed by atoms with van der Waals surface area (Å²) in [6, 6.07) is 11.1. The zero-order chi connectivity index (χ0) is 17.6. The van der Waals surface area contributed by atoms with E-state index in [-0.39, 0.29) is 5.91 Å². The van der Waals surface area contributed by atoms with Gasteiger partial charge in [0.25, 0.3) is 0 Å². The van der Waals surface area contributed by atoms with Crippen LogP contribution < -0.4 is 10.1 Å². The minimum atomic E-state index is -0.406. The molecule has 0 saturated heterocycles. The number of ether oxygens (including phenoxy) is 1. The summed E-state index contributed by atoms with van der Waals surface area (Å²) in [5.74, 6) is 1.26. The predicted octanol–water partition coefficient (Wildman–Crippen LogP) is 3.41. The third-order valence-corrected chi connectivity index (χ3v) is 4.63. The maximum absolute atomic E-state index is 12.5. The van der Waals surface area contributed by atoms with E-state index in [0.29, 0.717) is 5.75 Å². The normalized spacial score (nSPS) is 12.2. The molecule has 6 heteroatoms. The summed E-state index contributed by atoms with van der Waals surface area (Å²) in [5.41, 5.74) is 0.858. The second-order valence-corrected chi connectivity index (χ2v) is 6.41. The highest BCUT2D eigenvalue weighted by Gasteiger charge is 2.22.